The van der Waals surface area contributed by atoms with Crippen LogP contribution in [0.25, 0.3) is 16.7 Å². The van der Waals surface area contributed by atoms with Gasteiger partial charge in [-0.05, 0) is 30.3 Å². The molecule has 1 N–H and O–H groups in total. The second-order valence-corrected chi connectivity index (χ2v) is 6.93. The van der Waals surface area contributed by atoms with E-state index >= 15 is 0 Å². The molecule has 0 unspecified atom stereocenters. The van der Waals surface area contributed by atoms with Crippen molar-refractivity contribution in [2.75, 3.05) is 19.5 Å². The number of nitrogens with zero attached hydrogens (tertiary/aromatic N) is 3. The maximum absolute atomic E-state index is 12.9. The number of methoxy groups -OCH3 is 2. The molecule has 0 aliphatic heterocycles. The fourth-order valence-electron chi connectivity index (χ4n) is 3.33. The minimum Gasteiger partial charge on any atom is -0.497 e. The van der Waals surface area contributed by atoms with E-state index in [1.54, 1.807) is 42.5 Å². The second kappa shape index (κ2) is 8.38. The third kappa shape index (κ3) is 3.60. The molecule has 2 aromatic carbocycles. The number of anilines is 1. The Hall–Kier alpha value is -4.40. The number of carbonyl (C=O) groups is 1. The number of nitrogens with one attached hydrogen (secondary N) is 1. The van der Waals surface area contributed by atoms with Crippen LogP contribution in [0.2, 0.25) is 0 Å². The van der Waals surface area contributed by atoms with Gasteiger partial charge in [-0.1, -0.05) is 18.2 Å². The first-order valence-electron chi connectivity index (χ1n) is 9.65. The summed E-state index contributed by atoms with van der Waals surface area (Å²) in [6.45, 7) is 0. The van der Waals surface area contributed by atoms with Crippen molar-refractivity contribution in [2.45, 2.75) is 0 Å². The highest BCUT2D eigenvalue weighted by atomic mass is 16.5. The zero-order chi connectivity index (χ0) is 22.8. The van der Waals surface area contributed by atoms with E-state index in [0.29, 0.717) is 22.9 Å². The number of aromatic nitrogens is 3. The van der Waals surface area contributed by atoms with Gasteiger partial charge in [0.15, 0.2) is 5.65 Å². The van der Waals surface area contributed by atoms with E-state index < -0.39 is 17.2 Å². The molecule has 0 saturated heterocycles. The molecule has 2 heterocycles. The minimum atomic E-state index is -0.540. The summed E-state index contributed by atoms with van der Waals surface area (Å²) < 4.78 is 12.8. The summed E-state index contributed by atoms with van der Waals surface area (Å²) in [5, 5.41) is 2.89. The first-order valence-corrected chi connectivity index (χ1v) is 9.65. The van der Waals surface area contributed by atoms with Crippen LogP contribution in [0.5, 0.6) is 11.5 Å². The summed E-state index contributed by atoms with van der Waals surface area (Å²) in [6.07, 6.45) is 1.33. The fraction of sp³-hybridized carbons (Fsp3) is 0.130. The Morgan fingerprint density at radius 3 is 2.44 bits per heavy atom. The molecular formula is C23H20N4O5. The molecular weight excluding hydrogens is 412 g/mol. The Labute approximate surface area is 182 Å². The Morgan fingerprint density at radius 2 is 1.75 bits per heavy atom. The molecule has 0 radical (unpaired) electrons. The Balaban J connectivity index is 1.80. The maximum atomic E-state index is 12.9. The summed E-state index contributed by atoms with van der Waals surface area (Å²) >= 11 is 0. The minimum absolute atomic E-state index is 0.144. The number of rotatable bonds is 5. The van der Waals surface area contributed by atoms with Crippen LogP contribution >= 0.6 is 0 Å². The van der Waals surface area contributed by atoms with Crippen LogP contribution in [0.15, 0.2) is 70.4 Å². The Morgan fingerprint density at radius 1 is 1.00 bits per heavy atom. The number of carbonyl (C=O) groups excluding carboxylic acids is 1. The molecule has 0 spiro atoms. The Kier molecular flexibility index (Phi) is 5.46. The van der Waals surface area contributed by atoms with Gasteiger partial charge in [-0.2, -0.15) is 0 Å². The van der Waals surface area contributed by atoms with Crippen LogP contribution in [0, 0.1) is 0 Å². The average molecular weight is 432 g/mol. The number of pyridine rings is 1. The normalized spacial score (nSPS) is 10.7. The smallest absolute Gasteiger partial charge is 0.337 e. The molecule has 0 fully saturated rings. The SMILES string of the molecule is COc1ccc(NC(=O)c2cnc3c(c2)c(=O)n(C)c(=O)n3-c2ccccc2)c(OC)c1. The van der Waals surface area contributed by atoms with Gasteiger partial charge < -0.3 is 14.8 Å². The van der Waals surface area contributed by atoms with Crippen LogP contribution < -0.4 is 26.0 Å². The van der Waals surface area contributed by atoms with E-state index in [-0.39, 0.29) is 16.6 Å². The molecule has 162 valence electrons. The molecule has 4 rings (SSSR count). The van der Waals surface area contributed by atoms with Crippen molar-refractivity contribution in [3.8, 4) is 17.2 Å². The van der Waals surface area contributed by atoms with Gasteiger partial charge in [-0.25, -0.2) is 14.3 Å². The molecule has 0 atom stereocenters. The van der Waals surface area contributed by atoms with Gasteiger partial charge in [0, 0.05) is 19.3 Å². The molecule has 1 amide bonds. The van der Waals surface area contributed by atoms with Gasteiger partial charge in [0.05, 0.1) is 36.5 Å². The molecule has 9 heteroatoms. The number of para-hydroxylation sites is 1. The predicted octanol–water partition coefficient (Wildman–Crippen LogP) is 2.35. The van der Waals surface area contributed by atoms with Crippen molar-refractivity contribution in [1.82, 2.24) is 14.1 Å². The van der Waals surface area contributed by atoms with Gasteiger partial charge in [0.25, 0.3) is 11.5 Å². The maximum Gasteiger partial charge on any atom is 0.337 e. The van der Waals surface area contributed by atoms with Crippen molar-refractivity contribution >= 4 is 22.6 Å². The lowest BCUT2D eigenvalue weighted by Gasteiger charge is -2.13. The van der Waals surface area contributed by atoms with Gasteiger partial charge >= 0.3 is 5.69 Å². The predicted molar refractivity (Wildman–Crippen MR) is 120 cm³/mol. The van der Waals surface area contributed by atoms with Crippen LogP contribution in [0.3, 0.4) is 0 Å². The molecule has 0 saturated carbocycles. The topological polar surface area (TPSA) is 104 Å². The molecule has 0 aliphatic carbocycles. The highest BCUT2D eigenvalue weighted by molar-refractivity contribution is 6.06. The molecule has 9 nitrogen and oxygen atoms in total. The number of hydrogen-bond donors (Lipinski definition) is 1. The van der Waals surface area contributed by atoms with Crippen molar-refractivity contribution in [3.05, 3.63) is 87.2 Å². The monoisotopic (exact) mass is 432 g/mol. The van der Waals surface area contributed by atoms with E-state index in [1.807, 2.05) is 6.07 Å². The number of ether oxygens (including phenoxy) is 2. The van der Waals surface area contributed by atoms with E-state index in [2.05, 4.69) is 10.3 Å². The largest absolute Gasteiger partial charge is 0.497 e. The highest BCUT2D eigenvalue weighted by Crippen LogP contribution is 2.29. The number of amides is 1. The van der Waals surface area contributed by atoms with Gasteiger partial charge in [0.1, 0.15) is 11.5 Å². The first-order chi connectivity index (χ1) is 15.4. The zero-order valence-electron chi connectivity index (χ0n) is 17.7. The summed E-state index contributed by atoms with van der Waals surface area (Å²) in [6, 6.07) is 15.3. The van der Waals surface area contributed by atoms with Crippen LogP contribution in [-0.4, -0.2) is 34.2 Å². The third-order valence-electron chi connectivity index (χ3n) is 5.03. The molecule has 0 bridgehead atoms. The first kappa shape index (κ1) is 20.9. The van der Waals surface area contributed by atoms with E-state index in [0.717, 1.165) is 4.57 Å². The summed E-state index contributed by atoms with van der Waals surface area (Å²) in [7, 11) is 4.40. The third-order valence-corrected chi connectivity index (χ3v) is 5.03. The van der Waals surface area contributed by atoms with Crippen molar-refractivity contribution in [2.24, 2.45) is 7.05 Å². The van der Waals surface area contributed by atoms with Gasteiger partial charge in [-0.15, -0.1) is 0 Å². The fourth-order valence-corrected chi connectivity index (χ4v) is 3.33. The lowest BCUT2D eigenvalue weighted by molar-refractivity contribution is 0.102. The molecule has 2 aromatic heterocycles. The molecule has 0 aliphatic rings. The van der Waals surface area contributed by atoms with Crippen molar-refractivity contribution in [3.63, 3.8) is 0 Å². The number of benzene rings is 2. The van der Waals surface area contributed by atoms with Crippen molar-refractivity contribution in [1.29, 1.82) is 0 Å². The standard InChI is InChI=1S/C23H20N4O5/c1-26-22(29)17-11-14(21(28)25-18-10-9-16(31-2)12-19(18)32-3)13-24-20(17)27(23(26)30)15-7-5-4-6-8-15/h4-13H,1-3H3,(H,25,28). The Bertz CT molecular complexity index is 1440. The molecule has 32 heavy (non-hydrogen) atoms. The number of hydrogen-bond acceptors (Lipinski definition) is 6. The second-order valence-electron chi connectivity index (χ2n) is 6.93. The quantitative estimate of drug-likeness (QED) is 0.519. The molecule has 4 aromatic rings. The lowest BCUT2D eigenvalue weighted by Crippen LogP contribution is -2.38. The summed E-state index contributed by atoms with van der Waals surface area (Å²) in [4.78, 5) is 42.7. The van der Waals surface area contributed by atoms with Gasteiger partial charge in [-0.3, -0.25) is 14.2 Å². The van der Waals surface area contributed by atoms with Crippen LogP contribution in [0.1, 0.15) is 10.4 Å². The van der Waals surface area contributed by atoms with Gasteiger partial charge in [0.2, 0.25) is 0 Å². The number of fused-ring (bicyclic) bond motifs is 1. The van der Waals surface area contributed by atoms with Crippen LogP contribution in [0.4, 0.5) is 5.69 Å². The van der Waals surface area contributed by atoms with E-state index in [9.17, 15) is 14.4 Å². The van der Waals surface area contributed by atoms with Crippen LogP contribution in [-0.2, 0) is 7.05 Å². The zero-order valence-corrected chi connectivity index (χ0v) is 17.7. The lowest BCUT2D eigenvalue weighted by atomic mass is 10.2. The van der Waals surface area contributed by atoms with E-state index in [1.165, 1.54) is 38.1 Å². The highest BCUT2D eigenvalue weighted by Gasteiger charge is 2.17. The summed E-state index contributed by atoms with van der Waals surface area (Å²) in [5.41, 5.74) is 0.252. The van der Waals surface area contributed by atoms with Crippen molar-refractivity contribution < 1.29 is 14.3 Å². The average Bonchev–Trinajstić information content (AvgIpc) is 2.83. The van der Waals surface area contributed by atoms with E-state index in [4.69, 9.17) is 9.47 Å². The summed E-state index contributed by atoms with van der Waals surface area (Å²) in [5.74, 6) is 0.511.